The highest BCUT2D eigenvalue weighted by molar-refractivity contribution is 8.13. The number of thiocarbonyl (C=S) groups is 1. The summed E-state index contributed by atoms with van der Waals surface area (Å²) in [6.45, 7) is 0. The van der Waals surface area contributed by atoms with E-state index in [1.807, 2.05) is 0 Å². The van der Waals surface area contributed by atoms with E-state index in [0.717, 1.165) is 0 Å². The maximum absolute atomic E-state index is 10.8. The summed E-state index contributed by atoms with van der Waals surface area (Å²) >= 11 is 4.38. The van der Waals surface area contributed by atoms with Crippen molar-refractivity contribution < 1.29 is 8.42 Å². The molecule has 3 nitrogen and oxygen atoms in total. The quantitative estimate of drug-likeness (QED) is 0.448. The Kier molecular flexibility index (Phi) is 3.17. The van der Waals surface area contributed by atoms with Gasteiger partial charge in [0.25, 0.3) is 9.05 Å². The number of rotatable bonds is 2. The van der Waals surface area contributed by atoms with Gasteiger partial charge in [0, 0.05) is 10.7 Å². The number of aliphatic imine (C=N–C) groups is 1. The fourth-order valence-corrected chi connectivity index (χ4v) is 1.61. The van der Waals surface area contributed by atoms with Crippen LogP contribution in [0.5, 0.6) is 0 Å². The molecule has 0 atom stereocenters. The molecule has 0 saturated carbocycles. The van der Waals surface area contributed by atoms with E-state index in [2.05, 4.69) is 22.4 Å². The molecule has 1 aromatic carbocycles. The van der Waals surface area contributed by atoms with Gasteiger partial charge >= 0.3 is 0 Å². The lowest BCUT2D eigenvalue weighted by Gasteiger charge is -1.94. The van der Waals surface area contributed by atoms with Gasteiger partial charge in [-0.3, -0.25) is 0 Å². The molecule has 0 fully saturated rings. The molecular weight excluding hydrogens is 230 g/mol. The van der Waals surface area contributed by atoms with Gasteiger partial charge in [0.1, 0.15) is 0 Å². The molecule has 68 valence electrons. The SMILES string of the molecule is O=S(=O)(Cl)c1ccc(N=C=S)cc1. The van der Waals surface area contributed by atoms with Gasteiger partial charge in [-0.25, -0.2) is 8.42 Å². The molecule has 0 unspecified atom stereocenters. The first-order valence-electron chi connectivity index (χ1n) is 3.16. The monoisotopic (exact) mass is 233 g/mol. The number of nitrogens with zero attached hydrogens (tertiary/aromatic N) is 1. The normalized spacial score (nSPS) is 10.5. The zero-order valence-corrected chi connectivity index (χ0v) is 8.66. The van der Waals surface area contributed by atoms with Gasteiger partial charge in [-0.2, -0.15) is 4.99 Å². The first-order chi connectivity index (χ1) is 6.04. The Balaban J connectivity index is 3.15. The van der Waals surface area contributed by atoms with Crippen LogP contribution in [-0.2, 0) is 9.05 Å². The van der Waals surface area contributed by atoms with Crippen LogP contribution in [0.15, 0.2) is 34.2 Å². The average molecular weight is 234 g/mol. The molecule has 0 aliphatic rings. The van der Waals surface area contributed by atoms with Gasteiger partial charge < -0.3 is 0 Å². The first-order valence-corrected chi connectivity index (χ1v) is 5.88. The summed E-state index contributed by atoms with van der Waals surface area (Å²) in [5, 5.41) is 2.17. The molecule has 1 aromatic rings. The lowest BCUT2D eigenvalue weighted by Crippen LogP contribution is -1.88. The molecule has 0 amide bonds. The topological polar surface area (TPSA) is 46.5 Å². The van der Waals surface area contributed by atoms with Crippen molar-refractivity contribution >= 4 is 42.8 Å². The molecule has 0 saturated heterocycles. The Morgan fingerprint density at radius 1 is 1.31 bits per heavy atom. The van der Waals surface area contributed by atoms with Gasteiger partial charge in [0.05, 0.1) is 15.7 Å². The zero-order valence-electron chi connectivity index (χ0n) is 6.27. The number of halogens is 1. The highest BCUT2D eigenvalue weighted by Gasteiger charge is 2.08. The Bertz CT molecular complexity index is 446. The summed E-state index contributed by atoms with van der Waals surface area (Å²) in [6.07, 6.45) is 0. The van der Waals surface area contributed by atoms with Crippen molar-refractivity contribution in [2.75, 3.05) is 0 Å². The minimum Gasteiger partial charge on any atom is -0.207 e. The molecular formula is C7H4ClNO2S2. The summed E-state index contributed by atoms with van der Waals surface area (Å²) in [7, 11) is 1.44. The summed E-state index contributed by atoms with van der Waals surface area (Å²) in [6, 6.07) is 5.70. The Labute approximate surface area is 85.5 Å². The van der Waals surface area contributed by atoms with Crippen molar-refractivity contribution in [3.8, 4) is 0 Å². The number of hydrogen-bond donors (Lipinski definition) is 0. The van der Waals surface area contributed by atoms with E-state index in [4.69, 9.17) is 10.7 Å². The first kappa shape index (κ1) is 10.3. The second kappa shape index (κ2) is 3.98. The summed E-state index contributed by atoms with van der Waals surface area (Å²) in [5.41, 5.74) is 0.541. The van der Waals surface area contributed by atoms with Crippen molar-refractivity contribution in [3.63, 3.8) is 0 Å². The molecule has 0 aliphatic carbocycles. The maximum Gasteiger partial charge on any atom is 0.261 e. The van der Waals surface area contributed by atoms with Crippen LogP contribution in [0.3, 0.4) is 0 Å². The Morgan fingerprint density at radius 2 is 1.85 bits per heavy atom. The van der Waals surface area contributed by atoms with Gasteiger partial charge in [0.15, 0.2) is 0 Å². The molecule has 0 heterocycles. The van der Waals surface area contributed by atoms with Gasteiger partial charge in [0.2, 0.25) is 0 Å². The highest BCUT2D eigenvalue weighted by atomic mass is 35.7. The fraction of sp³-hybridized carbons (Fsp3) is 0. The van der Waals surface area contributed by atoms with E-state index >= 15 is 0 Å². The summed E-state index contributed by atoms with van der Waals surface area (Å²) in [4.78, 5) is 3.70. The largest absolute Gasteiger partial charge is 0.261 e. The predicted octanol–water partition coefficient (Wildman–Crippen LogP) is 2.35. The van der Waals surface area contributed by atoms with Crippen molar-refractivity contribution in [1.29, 1.82) is 0 Å². The number of benzene rings is 1. The fourth-order valence-electron chi connectivity index (χ4n) is 0.736. The molecule has 0 radical (unpaired) electrons. The van der Waals surface area contributed by atoms with Crippen LogP contribution in [-0.4, -0.2) is 13.6 Å². The zero-order chi connectivity index (χ0) is 9.90. The summed E-state index contributed by atoms with van der Waals surface area (Å²) < 4.78 is 21.6. The van der Waals surface area contributed by atoms with Gasteiger partial charge in [-0.1, -0.05) is 0 Å². The Hall–Kier alpha value is -0.740. The van der Waals surface area contributed by atoms with Crippen LogP contribution in [0.1, 0.15) is 0 Å². The minimum atomic E-state index is -3.65. The molecule has 13 heavy (non-hydrogen) atoms. The lowest BCUT2D eigenvalue weighted by atomic mass is 10.3. The number of isothiocyanates is 1. The van der Waals surface area contributed by atoms with Crippen molar-refractivity contribution in [2.45, 2.75) is 4.90 Å². The van der Waals surface area contributed by atoms with Crippen LogP contribution in [0, 0.1) is 0 Å². The second-order valence-corrected chi connectivity index (χ2v) is 4.88. The van der Waals surface area contributed by atoms with Crippen LogP contribution in [0.2, 0.25) is 0 Å². The van der Waals surface area contributed by atoms with E-state index < -0.39 is 9.05 Å². The third kappa shape index (κ3) is 2.90. The average Bonchev–Trinajstić information content (AvgIpc) is 2.04. The van der Waals surface area contributed by atoms with E-state index in [1.165, 1.54) is 24.3 Å². The second-order valence-electron chi connectivity index (χ2n) is 2.13. The van der Waals surface area contributed by atoms with Crippen LogP contribution >= 0.6 is 22.9 Å². The van der Waals surface area contributed by atoms with Crippen LogP contribution in [0.25, 0.3) is 0 Å². The predicted molar refractivity (Wildman–Crippen MR) is 54.2 cm³/mol. The third-order valence-corrected chi connectivity index (χ3v) is 2.75. The molecule has 0 bridgehead atoms. The van der Waals surface area contributed by atoms with Crippen LogP contribution in [0.4, 0.5) is 5.69 Å². The van der Waals surface area contributed by atoms with Crippen molar-refractivity contribution in [3.05, 3.63) is 24.3 Å². The van der Waals surface area contributed by atoms with E-state index in [0.29, 0.717) is 5.69 Å². The smallest absolute Gasteiger partial charge is 0.207 e. The highest BCUT2D eigenvalue weighted by Crippen LogP contribution is 2.18. The van der Waals surface area contributed by atoms with E-state index in [-0.39, 0.29) is 4.90 Å². The minimum absolute atomic E-state index is 0.0393. The molecule has 0 aliphatic heterocycles. The third-order valence-electron chi connectivity index (χ3n) is 1.29. The molecule has 1 rings (SSSR count). The maximum atomic E-state index is 10.8. The Morgan fingerprint density at radius 3 is 2.23 bits per heavy atom. The van der Waals surface area contributed by atoms with Gasteiger partial charge in [-0.05, 0) is 36.5 Å². The van der Waals surface area contributed by atoms with E-state index in [1.54, 1.807) is 0 Å². The number of hydrogen-bond acceptors (Lipinski definition) is 4. The molecule has 0 N–H and O–H groups in total. The molecule has 0 aromatic heterocycles. The van der Waals surface area contributed by atoms with Crippen LogP contribution < -0.4 is 0 Å². The van der Waals surface area contributed by atoms with Crippen molar-refractivity contribution in [2.24, 2.45) is 4.99 Å². The van der Waals surface area contributed by atoms with Gasteiger partial charge in [-0.15, -0.1) is 0 Å². The lowest BCUT2D eigenvalue weighted by molar-refractivity contribution is 0.609. The van der Waals surface area contributed by atoms with E-state index in [9.17, 15) is 8.42 Å². The summed E-state index contributed by atoms with van der Waals surface area (Å²) in [5.74, 6) is 0. The standard InChI is InChI=1S/C7H4ClNO2S2/c8-13(10,11)7-3-1-6(2-4-7)9-5-12/h1-4H. The molecule has 0 spiro atoms. The van der Waals surface area contributed by atoms with Crippen molar-refractivity contribution in [1.82, 2.24) is 0 Å². The molecule has 6 heteroatoms.